The van der Waals surface area contributed by atoms with Crippen LogP contribution in [0.25, 0.3) is 0 Å². The topological polar surface area (TPSA) is 67.4 Å². The Labute approximate surface area is 133 Å². The van der Waals surface area contributed by atoms with Crippen LogP contribution in [0.15, 0.2) is 18.2 Å². The summed E-state index contributed by atoms with van der Waals surface area (Å²) in [4.78, 5) is 23.1. The van der Waals surface area contributed by atoms with Gasteiger partial charge in [0.05, 0.1) is 15.7 Å². The van der Waals surface area contributed by atoms with Gasteiger partial charge in [0.2, 0.25) is 5.91 Å². The first-order chi connectivity index (χ1) is 9.69. The van der Waals surface area contributed by atoms with Crippen molar-refractivity contribution >= 4 is 40.9 Å². The van der Waals surface area contributed by atoms with Gasteiger partial charge in [-0.15, -0.1) is 0 Å². The molecular weight excluding hydrogens is 315 g/mol. The van der Waals surface area contributed by atoms with Crippen LogP contribution in [0.2, 0.25) is 10.0 Å². The molecule has 2 N–H and O–H groups in total. The summed E-state index contributed by atoms with van der Waals surface area (Å²) in [6.45, 7) is 5.46. The molecule has 0 aliphatic heterocycles. The highest BCUT2D eigenvalue weighted by Gasteiger charge is 2.16. The maximum absolute atomic E-state index is 11.7. The van der Waals surface area contributed by atoms with Crippen molar-refractivity contribution in [1.29, 1.82) is 0 Å². The third kappa shape index (κ3) is 6.69. The first kappa shape index (κ1) is 17.6. The minimum atomic E-state index is -0.569. The summed E-state index contributed by atoms with van der Waals surface area (Å²) in [5, 5.41) is 5.77. The molecule has 0 aromatic heterocycles. The van der Waals surface area contributed by atoms with Crippen molar-refractivity contribution in [2.75, 3.05) is 11.9 Å². The fourth-order valence-electron chi connectivity index (χ4n) is 1.41. The number of hydrogen-bond acceptors (Lipinski definition) is 3. The lowest BCUT2D eigenvalue weighted by molar-refractivity contribution is -0.116. The Morgan fingerprint density at radius 2 is 1.90 bits per heavy atom. The van der Waals surface area contributed by atoms with Crippen LogP contribution in [-0.4, -0.2) is 24.1 Å². The largest absolute Gasteiger partial charge is 0.444 e. The molecule has 5 nitrogen and oxygen atoms in total. The van der Waals surface area contributed by atoms with Crippen LogP contribution in [0.4, 0.5) is 10.5 Å². The summed E-state index contributed by atoms with van der Waals surface area (Å²) in [7, 11) is 0. The molecule has 1 aromatic carbocycles. The van der Waals surface area contributed by atoms with Crippen LogP contribution in [0.5, 0.6) is 0 Å². The van der Waals surface area contributed by atoms with Crippen LogP contribution < -0.4 is 10.6 Å². The van der Waals surface area contributed by atoms with Gasteiger partial charge in [-0.2, -0.15) is 0 Å². The Balaban J connectivity index is 2.38. The molecule has 0 bridgehead atoms. The summed E-state index contributed by atoms with van der Waals surface area (Å²) in [5.74, 6) is -0.282. The molecule has 0 unspecified atom stereocenters. The fraction of sp³-hybridized carbons (Fsp3) is 0.429. The lowest BCUT2D eigenvalue weighted by atomic mass is 10.2. The van der Waals surface area contributed by atoms with Gasteiger partial charge in [-0.25, -0.2) is 4.79 Å². The molecule has 2 amide bonds. The summed E-state index contributed by atoms with van der Waals surface area (Å²) in [6, 6.07) is 4.96. The standard InChI is InChI=1S/C14H18Cl2N2O3/c1-14(2,3)21-13(20)17-8-7-11(19)18-10-6-4-5-9(15)12(10)16/h4-6H,7-8H2,1-3H3,(H,17,20)(H,18,19). The van der Waals surface area contributed by atoms with E-state index in [4.69, 9.17) is 27.9 Å². The van der Waals surface area contributed by atoms with E-state index in [2.05, 4.69) is 10.6 Å². The maximum Gasteiger partial charge on any atom is 0.407 e. The highest BCUT2D eigenvalue weighted by Crippen LogP contribution is 2.29. The van der Waals surface area contributed by atoms with Gasteiger partial charge in [0, 0.05) is 13.0 Å². The van der Waals surface area contributed by atoms with Crippen LogP contribution in [-0.2, 0) is 9.53 Å². The smallest absolute Gasteiger partial charge is 0.407 e. The molecule has 0 saturated carbocycles. The lowest BCUT2D eigenvalue weighted by Crippen LogP contribution is -2.34. The van der Waals surface area contributed by atoms with Crippen molar-refractivity contribution < 1.29 is 14.3 Å². The predicted octanol–water partition coefficient (Wildman–Crippen LogP) is 3.85. The molecule has 0 heterocycles. The van der Waals surface area contributed by atoms with Gasteiger partial charge in [0.25, 0.3) is 0 Å². The average molecular weight is 333 g/mol. The average Bonchev–Trinajstić information content (AvgIpc) is 2.32. The molecule has 0 fully saturated rings. The van der Waals surface area contributed by atoms with Crippen molar-refractivity contribution in [1.82, 2.24) is 5.32 Å². The van der Waals surface area contributed by atoms with Gasteiger partial charge in [-0.3, -0.25) is 4.79 Å². The van der Waals surface area contributed by atoms with Crippen LogP contribution in [0, 0.1) is 0 Å². The van der Waals surface area contributed by atoms with Gasteiger partial charge < -0.3 is 15.4 Å². The first-order valence-corrected chi connectivity index (χ1v) is 7.15. The summed E-state index contributed by atoms with van der Waals surface area (Å²) in [5.41, 5.74) is -0.132. The number of anilines is 1. The zero-order chi connectivity index (χ0) is 16.0. The van der Waals surface area contributed by atoms with E-state index in [1.165, 1.54) is 0 Å². The summed E-state index contributed by atoms with van der Waals surface area (Å²) < 4.78 is 5.05. The van der Waals surface area contributed by atoms with E-state index in [1.54, 1.807) is 39.0 Å². The Bertz CT molecular complexity index is 527. The Hall–Kier alpha value is -1.46. The first-order valence-electron chi connectivity index (χ1n) is 6.40. The SMILES string of the molecule is CC(C)(C)OC(=O)NCCC(=O)Nc1cccc(Cl)c1Cl. The number of benzene rings is 1. The van der Waals surface area contributed by atoms with E-state index in [1.807, 2.05) is 0 Å². The number of nitrogens with one attached hydrogen (secondary N) is 2. The number of rotatable bonds is 4. The minimum Gasteiger partial charge on any atom is -0.444 e. The van der Waals surface area contributed by atoms with Gasteiger partial charge in [0.15, 0.2) is 0 Å². The van der Waals surface area contributed by atoms with Crippen LogP contribution in [0.3, 0.4) is 0 Å². The van der Waals surface area contributed by atoms with E-state index in [0.29, 0.717) is 10.7 Å². The van der Waals surface area contributed by atoms with Crippen molar-refractivity contribution in [3.05, 3.63) is 28.2 Å². The van der Waals surface area contributed by atoms with Crippen LogP contribution >= 0.6 is 23.2 Å². The highest BCUT2D eigenvalue weighted by atomic mass is 35.5. The molecule has 116 valence electrons. The molecule has 0 aliphatic carbocycles. The second-order valence-corrected chi connectivity index (χ2v) is 6.11. The molecule has 0 saturated heterocycles. The molecular formula is C14H18Cl2N2O3. The van der Waals surface area contributed by atoms with E-state index >= 15 is 0 Å². The molecule has 0 radical (unpaired) electrons. The lowest BCUT2D eigenvalue weighted by Gasteiger charge is -2.19. The van der Waals surface area contributed by atoms with E-state index in [0.717, 1.165) is 0 Å². The summed E-state index contributed by atoms with van der Waals surface area (Å²) >= 11 is 11.8. The Morgan fingerprint density at radius 3 is 2.52 bits per heavy atom. The van der Waals surface area contributed by atoms with Gasteiger partial charge in [0.1, 0.15) is 5.60 Å². The number of halogens is 2. The molecule has 1 aromatic rings. The van der Waals surface area contributed by atoms with Gasteiger partial charge >= 0.3 is 6.09 Å². The number of ether oxygens (including phenoxy) is 1. The van der Waals surface area contributed by atoms with E-state index < -0.39 is 11.7 Å². The Morgan fingerprint density at radius 1 is 1.24 bits per heavy atom. The number of hydrogen-bond donors (Lipinski definition) is 2. The van der Waals surface area contributed by atoms with E-state index in [9.17, 15) is 9.59 Å². The monoisotopic (exact) mass is 332 g/mol. The zero-order valence-electron chi connectivity index (χ0n) is 12.1. The number of carbonyl (C=O) groups excluding carboxylic acids is 2. The predicted molar refractivity (Wildman–Crippen MR) is 83.9 cm³/mol. The zero-order valence-corrected chi connectivity index (χ0v) is 13.6. The third-order valence-corrected chi connectivity index (χ3v) is 3.06. The van der Waals surface area contributed by atoms with E-state index in [-0.39, 0.29) is 23.9 Å². The minimum absolute atomic E-state index is 0.0993. The molecule has 0 atom stereocenters. The third-order valence-electron chi connectivity index (χ3n) is 2.25. The van der Waals surface area contributed by atoms with Crippen molar-refractivity contribution in [2.24, 2.45) is 0 Å². The quantitative estimate of drug-likeness (QED) is 0.879. The van der Waals surface area contributed by atoms with Crippen molar-refractivity contribution in [3.8, 4) is 0 Å². The Kier molecular flexibility index (Phi) is 6.30. The maximum atomic E-state index is 11.7. The highest BCUT2D eigenvalue weighted by molar-refractivity contribution is 6.43. The summed E-state index contributed by atoms with van der Waals surface area (Å²) in [6.07, 6.45) is -0.460. The molecule has 1 rings (SSSR count). The number of alkyl carbamates (subject to hydrolysis) is 1. The molecule has 7 heteroatoms. The molecule has 21 heavy (non-hydrogen) atoms. The van der Waals surface area contributed by atoms with Crippen molar-refractivity contribution in [2.45, 2.75) is 32.8 Å². The van der Waals surface area contributed by atoms with Gasteiger partial charge in [-0.1, -0.05) is 29.3 Å². The fourth-order valence-corrected chi connectivity index (χ4v) is 1.75. The second kappa shape index (κ2) is 7.52. The normalized spacial score (nSPS) is 10.9. The van der Waals surface area contributed by atoms with Crippen LogP contribution in [0.1, 0.15) is 27.2 Å². The number of carbonyl (C=O) groups is 2. The number of amides is 2. The molecule has 0 aliphatic rings. The van der Waals surface area contributed by atoms with Crippen molar-refractivity contribution in [3.63, 3.8) is 0 Å². The second-order valence-electron chi connectivity index (χ2n) is 5.33. The van der Waals surface area contributed by atoms with Gasteiger partial charge in [-0.05, 0) is 32.9 Å². The molecule has 0 spiro atoms.